The molecule has 0 radical (unpaired) electrons. The van der Waals surface area contributed by atoms with Gasteiger partial charge in [-0.2, -0.15) is 0 Å². The molecule has 19 heavy (non-hydrogen) atoms. The van der Waals surface area contributed by atoms with Crippen molar-refractivity contribution < 1.29 is 9.90 Å². The van der Waals surface area contributed by atoms with Gasteiger partial charge in [0.2, 0.25) is 5.91 Å². The van der Waals surface area contributed by atoms with Crippen LogP contribution in [0.1, 0.15) is 24.8 Å². The smallest absolute Gasteiger partial charge is 0.244 e. The van der Waals surface area contributed by atoms with E-state index in [0.717, 1.165) is 24.8 Å². The number of carbonyl (C=O) groups is 1. The minimum atomic E-state index is -0.191. The third-order valence-electron chi connectivity index (χ3n) is 3.35. The largest absolute Gasteiger partial charge is 0.393 e. The topological polar surface area (TPSA) is 49.3 Å². The Hall–Kier alpha value is -1.32. The number of hydrogen-bond donors (Lipinski definition) is 2. The van der Waals surface area contributed by atoms with Crippen molar-refractivity contribution in [1.82, 2.24) is 5.32 Å². The van der Waals surface area contributed by atoms with Crippen LogP contribution in [0.5, 0.6) is 0 Å². The van der Waals surface area contributed by atoms with Gasteiger partial charge in [-0.1, -0.05) is 23.7 Å². The molecule has 1 aromatic carbocycles. The number of rotatable bonds is 4. The first-order valence-electron chi connectivity index (χ1n) is 6.53. The lowest BCUT2D eigenvalue weighted by Crippen LogP contribution is -2.26. The van der Waals surface area contributed by atoms with E-state index >= 15 is 0 Å². The normalized spacial score (nSPS) is 22.8. The molecule has 2 unspecified atom stereocenters. The second-order valence-corrected chi connectivity index (χ2v) is 5.40. The van der Waals surface area contributed by atoms with Crippen LogP contribution in [0.2, 0.25) is 5.02 Å². The summed E-state index contributed by atoms with van der Waals surface area (Å²) in [6.45, 7) is 0.635. The number of halogens is 1. The van der Waals surface area contributed by atoms with Crippen molar-refractivity contribution >= 4 is 23.6 Å². The van der Waals surface area contributed by atoms with Gasteiger partial charge in [-0.3, -0.25) is 4.79 Å². The van der Waals surface area contributed by atoms with Gasteiger partial charge in [-0.15, -0.1) is 0 Å². The molecule has 1 amide bonds. The van der Waals surface area contributed by atoms with E-state index in [1.54, 1.807) is 18.2 Å². The molecule has 1 fully saturated rings. The number of nitrogens with one attached hydrogen (secondary N) is 1. The molecular formula is C15H18ClNO2. The highest BCUT2D eigenvalue weighted by molar-refractivity contribution is 6.30. The van der Waals surface area contributed by atoms with E-state index in [1.807, 2.05) is 12.1 Å². The van der Waals surface area contributed by atoms with Crippen molar-refractivity contribution in [2.45, 2.75) is 25.4 Å². The molecule has 1 saturated carbocycles. The van der Waals surface area contributed by atoms with Crippen LogP contribution < -0.4 is 5.32 Å². The Kier molecular flexibility index (Phi) is 5.00. The van der Waals surface area contributed by atoms with Crippen LogP contribution in [0, 0.1) is 5.92 Å². The number of carbonyl (C=O) groups excluding carboxylic acids is 1. The van der Waals surface area contributed by atoms with Crippen molar-refractivity contribution in [3.05, 3.63) is 40.9 Å². The van der Waals surface area contributed by atoms with Gasteiger partial charge in [0.25, 0.3) is 0 Å². The van der Waals surface area contributed by atoms with Gasteiger partial charge in [-0.25, -0.2) is 0 Å². The van der Waals surface area contributed by atoms with Gasteiger partial charge in [0, 0.05) is 17.6 Å². The highest BCUT2D eigenvalue weighted by atomic mass is 35.5. The van der Waals surface area contributed by atoms with Gasteiger partial charge in [0.1, 0.15) is 0 Å². The standard InChI is InChI=1S/C15H18ClNO2/c16-13-3-1-2-11(8-13)5-7-15(19)17-10-12-4-6-14(18)9-12/h1-3,5,7-8,12,14,18H,4,6,9-10H2,(H,17,19)/b7-5+. The third-order valence-corrected chi connectivity index (χ3v) is 3.59. The van der Waals surface area contributed by atoms with E-state index in [0.29, 0.717) is 17.5 Å². The fraction of sp³-hybridized carbons (Fsp3) is 0.400. The molecule has 2 atom stereocenters. The summed E-state index contributed by atoms with van der Waals surface area (Å²) in [6.07, 6.45) is 5.68. The van der Waals surface area contributed by atoms with Gasteiger partial charge in [0.15, 0.2) is 0 Å². The Morgan fingerprint density at radius 1 is 1.47 bits per heavy atom. The zero-order chi connectivity index (χ0) is 13.7. The Morgan fingerprint density at radius 3 is 3.00 bits per heavy atom. The van der Waals surface area contributed by atoms with E-state index in [2.05, 4.69) is 5.32 Å². The Morgan fingerprint density at radius 2 is 2.32 bits per heavy atom. The van der Waals surface area contributed by atoms with Gasteiger partial charge in [0.05, 0.1) is 6.10 Å². The van der Waals surface area contributed by atoms with E-state index in [9.17, 15) is 9.90 Å². The lowest BCUT2D eigenvalue weighted by Gasteiger charge is -2.09. The average Bonchev–Trinajstić information content (AvgIpc) is 2.80. The first kappa shape index (κ1) is 14.1. The van der Waals surface area contributed by atoms with Gasteiger partial charge >= 0.3 is 0 Å². The molecule has 0 aliphatic heterocycles. The number of aliphatic hydroxyl groups is 1. The zero-order valence-electron chi connectivity index (χ0n) is 10.7. The zero-order valence-corrected chi connectivity index (χ0v) is 11.4. The molecule has 0 heterocycles. The lowest BCUT2D eigenvalue weighted by atomic mass is 10.1. The first-order chi connectivity index (χ1) is 9.13. The fourth-order valence-electron chi connectivity index (χ4n) is 2.32. The number of aliphatic hydroxyl groups excluding tert-OH is 1. The van der Waals surface area contributed by atoms with Crippen molar-refractivity contribution in [3.63, 3.8) is 0 Å². The van der Waals surface area contributed by atoms with Crippen molar-refractivity contribution in [2.75, 3.05) is 6.54 Å². The van der Waals surface area contributed by atoms with Crippen LogP contribution in [0.4, 0.5) is 0 Å². The molecule has 0 bridgehead atoms. The second-order valence-electron chi connectivity index (χ2n) is 4.97. The Balaban J connectivity index is 1.78. The maximum Gasteiger partial charge on any atom is 0.244 e. The Bertz CT molecular complexity index is 473. The molecule has 1 aliphatic carbocycles. The third kappa shape index (κ3) is 4.69. The van der Waals surface area contributed by atoms with Crippen LogP contribution >= 0.6 is 11.6 Å². The quantitative estimate of drug-likeness (QED) is 0.833. The SMILES string of the molecule is O=C(/C=C/c1cccc(Cl)c1)NCC1CCC(O)C1. The van der Waals surface area contributed by atoms with E-state index in [4.69, 9.17) is 11.6 Å². The molecule has 1 aliphatic rings. The molecule has 0 spiro atoms. The summed E-state index contributed by atoms with van der Waals surface area (Å²) in [5.74, 6) is 0.292. The maximum atomic E-state index is 11.6. The van der Waals surface area contributed by atoms with Crippen molar-refractivity contribution in [2.24, 2.45) is 5.92 Å². The van der Waals surface area contributed by atoms with E-state index in [-0.39, 0.29) is 12.0 Å². The maximum absolute atomic E-state index is 11.6. The highest BCUT2D eigenvalue weighted by Crippen LogP contribution is 2.24. The van der Waals surface area contributed by atoms with Crippen LogP contribution in [-0.4, -0.2) is 23.7 Å². The van der Waals surface area contributed by atoms with Crippen LogP contribution in [-0.2, 0) is 4.79 Å². The fourth-order valence-corrected chi connectivity index (χ4v) is 2.52. The first-order valence-corrected chi connectivity index (χ1v) is 6.91. The molecule has 2 rings (SSSR count). The predicted octanol–water partition coefficient (Wildman–Crippen LogP) is 2.63. The molecule has 3 nitrogen and oxygen atoms in total. The van der Waals surface area contributed by atoms with Crippen LogP contribution in [0.3, 0.4) is 0 Å². The lowest BCUT2D eigenvalue weighted by molar-refractivity contribution is -0.116. The summed E-state index contributed by atoms with van der Waals surface area (Å²) in [6, 6.07) is 7.34. The molecule has 0 aromatic heterocycles. The minimum absolute atomic E-state index is 0.110. The average molecular weight is 280 g/mol. The van der Waals surface area contributed by atoms with Crippen molar-refractivity contribution in [3.8, 4) is 0 Å². The highest BCUT2D eigenvalue weighted by Gasteiger charge is 2.22. The monoisotopic (exact) mass is 279 g/mol. The molecule has 1 aromatic rings. The van der Waals surface area contributed by atoms with E-state index in [1.165, 1.54) is 6.08 Å². The van der Waals surface area contributed by atoms with Crippen LogP contribution in [0.15, 0.2) is 30.3 Å². The summed E-state index contributed by atoms with van der Waals surface area (Å²) in [7, 11) is 0. The number of amides is 1. The molecule has 2 N–H and O–H groups in total. The summed E-state index contributed by atoms with van der Waals surface area (Å²) < 4.78 is 0. The van der Waals surface area contributed by atoms with Crippen LogP contribution in [0.25, 0.3) is 6.08 Å². The predicted molar refractivity (Wildman–Crippen MR) is 76.8 cm³/mol. The number of benzene rings is 1. The summed E-state index contributed by atoms with van der Waals surface area (Å²) in [4.78, 5) is 11.6. The van der Waals surface area contributed by atoms with Gasteiger partial charge in [-0.05, 0) is 49.0 Å². The van der Waals surface area contributed by atoms with Crippen molar-refractivity contribution in [1.29, 1.82) is 0 Å². The summed E-state index contributed by atoms with van der Waals surface area (Å²) in [5, 5.41) is 12.9. The summed E-state index contributed by atoms with van der Waals surface area (Å²) >= 11 is 5.86. The molecule has 0 saturated heterocycles. The second kappa shape index (κ2) is 6.73. The van der Waals surface area contributed by atoms with Gasteiger partial charge < -0.3 is 10.4 Å². The molecule has 4 heteroatoms. The molecular weight excluding hydrogens is 262 g/mol. The van der Waals surface area contributed by atoms with E-state index < -0.39 is 0 Å². The summed E-state index contributed by atoms with van der Waals surface area (Å²) in [5.41, 5.74) is 0.902. The minimum Gasteiger partial charge on any atom is -0.393 e. The number of hydrogen-bond acceptors (Lipinski definition) is 2. The molecule has 102 valence electrons. The Labute approximate surface area is 118 Å².